The Labute approximate surface area is 288 Å². The molecule has 3 N–H and O–H groups in total. The van der Waals surface area contributed by atoms with Crippen molar-refractivity contribution in [2.75, 3.05) is 6.61 Å². The van der Waals surface area contributed by atoms with E-state index in [0.717, 1.165) is 25.7 Å². The summed E-state index contributed by atoms with van der Waals surface area (Å²) < 4.78 is 0. The lowest BCUT2D eigenvalue weighted by atomic mass is 10.0. The monoisotopic (exact) mass is 650 g/mol. The first-order valence-electron chi connectivity index (χ1n) is 20.9. The van der Waals surface area contributed by atoms with Crippen LogP contribution in [-0.4, -0.2) is 34.9 Å². The molecule has 0 rings (SSSR count). The van der Waals surface area contributed by atoms with Crippen LogP contribution >= 0.6 is 0 Å². The molecule has 4 nitrogen and oxygen atoms in total. The fourth-order valence-corrected chi connectivity index (χ4v) is 6.53. The van der Waals surface area contributed by atoms with Gasteiger partial charge in [-0.2, -0.15) is 0 Å². The van der Waals surface area contributed by atoms with Gasteiger partial charge in [0.2, 0.25) is 5.91 Å². The van der Waals surface area contributed by atoms with Crippen molar-refractivity contribution in [2.45, 2.75) is 244 Å². The van der Waals surface area contributed by atoms with Crippen LogP contribution in [0.1, 0.15) is 232 Å². The van der Waals surface area contributed by atoms with E-state index in [0.29, 0.717) is 6.42 Å². The van der Waals surface area contributed by atoms with E-state index in [4.69, 9.17) is 0 Å². The normalized spacial score (nSPS) is 13.0. The third-order valence-corrected chi connectivity index (χ3v) is 9.77. The van der Waals surface area contributed by atoms with E-state index in [1.807, 2.05) is 6.08 Å². The van der Waals surface area contributed by atoms with Crippen LogP contribution in [0.3, 0.4) is 0 Å². The fourth-order valence-electron chi connectivity index (χ4n) is 6.53. The highest BCUT2D eigenvalue weighted by Gasteiger charge is 2.17. The Kier molecular flexibility index (Phi) is 37.8. The van der Waals surface area contributed by atoms with Crippen LogP contribution in [0.4, 0.5) is 0 Å². The quantitative estimate of drug-likeness (QED) is 0.0460. The molecule has 0 aliphatic heterocycles. The zero-order chi connectivity index (χ0) is 33.6. The van der Waals surface area contributed by atoms with Crippen molar-refractivity contribution in [1.29, 1.82) is 0 Å². The Hall–Kier alpha value is -0.870. The third kappa shape index (κ3) is 34.5. The highest BCUT2D eigenvalue weighted by Crippen LogP contribution is 2.16. The second-order valence-electron chi connectivity index (χ2n) is 14.4. The molecule has 0 radical (unpaired) electrons. The molecule has 0 unspecified atom stereocenters. The van der Waals surface area contributed by atoms with Crippen molar-refractivity contribution >= 4 is 5.91 Å². The molecule has 0 heterocycles. The van der Waals surface area contributed by atoms with Crippen molar-refractivity contribution in [1.82, 2.24) is 5.32 Å². The molecular weight excluding hydrogens is 566 g/mol. The predicted octanol–water partition coefficient (Wildman–Crippen LogP) is 12.7. The molecule has 0 saturated heterocycles. The Bertz CT molecular complexity index is 622. The number of allylic oxidation sites excluding steroid dienone is 1. The zero-order valence-corrected chi connectivity index (χ0v) is 31.4. The van der Waals surface area contributed by atoms with Crippen molar-refractivity contribution in [3.8, 4) is 0 Å². The van der Waals surface area contributed by atoms with E-state index in [1.165, 1.54) is 186 Å². The van der Waals surface area contributed by atoms with Gasteiger partial charge in [0, 0.05) is 6.42 Å². The summed E-state index contributed by atoms with van der Waals surface area (Å²) in [4.78, 5) is 12.4. The smallest absolute Gasteiger partial charge is 0.220 e. The van der Waals surface area contributed by atoms with E-state index in [9.17, 15) is 15.0 Å². The fraction of sp³-hybridized carbons (Fsp3) is 0.929. The second kappa shape index (κ2) is 38.6. The third-order valence-electron chi connectivity index (χ3n) is 9.77. The number of hydrogen-bond acceptors (Lipinski definition) is 3. The van der Waals surface area contributed by atoms with Crippen LogP contribution in [-0.2, 0) is 4.79 Å². The first kappa shape index (κ1) is 45.1. The topological polar surface area (TPSA) is 69.6 Å². The van der Waals surface area contributed by atoms with Gasteiger partial charge in [0.25, 0.3) is 0 Å². The number of aliphatic hydroxyl groups is 2. The summed E-state index contributed by atoms with van der Waals surface area (Å²) in [5.41, 5.74) is 0. The molecule has 274 valence electrons. The van der Waals surface area contributed by atoms with Gasteiger partial charge in [0.1, 0.15) is 0 Å². The highest BCUT2D eigenvalue weighted by molar-refractivity contribution is 5.76. The molecule has 0 fully saturated rings. The van der Waals surface area contributed by atoms with Crippen molar-refractivity contribution in [2.24, 2.45) is 0 Å². The maximum absolute atomic E-state index is 12.4. The zero-order valence-electron chi connectivity index (χ0n) is 31.4. The Morgan fingerprint density at radius 3 is 1.13 bits per heavy atom. The van der Waals surface area contributed by atoms with Crippen molar-refractivity contribution in [3.63, 3.8) is 0 Å². The van der Waals surface area contributed by atoms with Crippen LogP contribution in [0.5, 0.6) is 0 Å². The van der Waals surface area contributed by atoms with Gasteiger partial charge in [-0.15, -0.1) is 0 Å². The second-order valence-corrected chi connectivity index (χ2v) is 14.4. The number of nitrogens with one attached hydrogen (secondary N) is 1. The molecule has 46 heavy (non-hydrogen) atoms. The average Bonchev–Trinajstić information content (AvgIpc) is 3.06. The van der Waals surface area contributed by atoms with E-state index in [1.54, 1.807) is 6.08 Å². The van der Waals surface area contributed by atoms with Gasteiger partial charge >= 0.3 is 0 Å². The lowest BCUT2D eigenvalue weighted by Crippen LogP contribution is -2.45. The van der Waals surface area contributed by atoms with Gasteiger partial charge in [-0.25, -0.2) is 0 Å². The van der Waals surface area contributed by atoms with Crippen molar-refractivity contribution < 1.29 is 15.0 Å². The minimum absolute atomic E-state index is 0.0602. The van der Waals surface area contributed by atoms with Gasteiger partial charge in [0.05, 0.1) is 18.8 Å². The molecule has 0 saturated carbocycles. The summed E-state index contributed by atoms with van der Waals surface area (Å²) in [6.45, 7) is 4.32. The van der Waals surface area contributed by atoms with Crippen molar-refractivity contribution in [3.05, 3.63) is 12.2 Å². The molecule has 0 spiro atoms. The Balaban J connectivity index is 3.53. The molecule has 2 atom stereocenters. The number of carbonyl (C=O) groups is 1. The van der Waals surface area contributed by atoms with Gasteiger partial charge in [0.15, 0.2) is 0 Å². The Morgan fingerprint density at radius 1 is 0.500 bits per heavy atom. The van der Waals surface area contributed by atoms with Crippen LogP contribution in [0, 0.1) is 0 Å². The largest absolute Gasteiger partial charge is 0.394 e. The lowest BCUT2D eigenvalue weighted by molar-refractivity contribution is -0.123. The van der Waals surface area contributed by atoms with Crippen LogP contribution in [0.25, 0.3) is 0 Å². The number of unbranched alkanes of at least 4 members (excludes halogenated alkanes) is 31. The van der Waals surface area contributed by atoms with Gasteiger partial charge in [-0.3, -0.25) is 4.79 Å². The van der Waals surface area contributed by atoms with E-state index in [-0.39, 0.29) is 12.5 Å². The summed E-state index contributed by atoms with van der Waals surface area (Å²) in [5, 5.41) is 23.0. The summed E-state index contributed by atoms with van der Waals surface area (Å²) in [6, 6.07) is -0.615. The number of aliphatic hydroxyl groups excluding tert-OH is 2. The van der Waals surface area contributed by atoms with E-state index in [2.05, 4.69) is 19.2 Å². The van der Waals surface area contributed by atoms with Gasteiger partial charge < -0.3 is 15.5 Å². The molecule has 0 aromatic heterocycles. The number of hydrogen-bond donors (Lipinski definition) is 3. The molecular formula is C42H83NO3. The maximum Gasteiger partial charge on any atom is 0.220 e. The van der Waals surface area contributed by atoms with Crippen LogP contribution in [0.2, 0.25) is 0 Å². The standard InChI is InChI=1S/C42H83NO3/c1-3-5-7-9-11-13-15-17-19-20-21-22-24-26-28-30-32-34-36-38-42(46)43-40(39-44)41(45)37-35-33-31-29-27-25-23-18-16-14-12-10-8-6-4-2/h35,37,40-41,44-45H,3-34,36,38-39H2,1-2H3,(H,43,46)/b37-35+/t40-,41+/m0/s1. The molecule has 4 heteroatoms. The first-order chi connectivity index (χ1) is 22.7. The SMILES string of the molecule is CCCCCCCCCCCCCCC/C=C/[C@@H](O)[C@H](CO)NC(=O)CCCCCCCCCCCCCCCCCCCCC. The summed E-state index contributed by atoms with van der Waals surface area (Å²) in [5.74, 6) is -0.0602. The molecule has 0 aliphatic carbocycles. The lowest BCUT2D eigenvalue weighted by Gasteiger charge is -2.20. The summed E-state index contributed by atoms with van der Waals surface area (Å²) in [7, 11) is 0. The minimum Gasteiger partial charge on any atom is -0.394 e. The highest BCUT2D eigenvalue weighted by atomic mass is 16.3. The Morgan fingerprint density at radius 2 is 0.804 bits per heavy atom. The summed E-state index contributed by atoms with van der Waals surface area (Å²) >= 11 is 0. The average molecular weight is 650 g/mol. The van der Waals surface area contributed by atoms with E-state index >= 15 is 0 Å². The molecule has 0 aromatic carbocycles. The summed E-state index contributed by atoms with van der Waals surface area (Å²) in [6.07, 6.45) is 47.4. The van der Waals surface area contributed by atoms with Crippen LogP contribution < -0.4 is 5.32 Å². The first-order valence-corrected chi connectivity index (χ1v) is 20.9. The van der Waals surface area contributed by atoms with E-state index < -0.39 is 12.1 Å². The van der Waals surface area contributed by atoms with Gasteiger partial charge in [-0.05, 0) is 19.3 Å². The van der Waals surface area contributed by atoms with Gasteiger partial charge in [-0.1, -0.05) is 219 Å². The number of carbonyl (C=O) groups excluding carboxylic acids is 1. The number of rotatable bonds is 38. The predicted molar refractivity (Wildman–Crippen MR) is 202 cm³/mol. The van der Waals surface area contributed by atoms with Crippen LogP contribution in [0.15, 0.2) is 12.2 Å². The molecule has 0 bridgehead atoms. The molecule has 0 aliphatic rings. The maximum atomic E-state index is 12.4. The molecule has 0 aromatic rings. The molecule has 1 amide bonds. The number of amides is 1. The minimum atomic E-state index is -0.832.